The van der Waals surface area contributed by atoms with Crippen LogP contribution >= 0.6 is 23.2 Å². The second kappa shape index (κ2) is 7.74. The van der Waals surface area contributed by atoms with E-state index in [-0.39, 0.29) is 6.03 Å². The van der Waals surface area contributed by atoms with Crippen molar-refractivity contribution < 1.29 is 4.79 Å². The predicted molar refractivity (Wildman–Crippen MR) is 110 cm³/mol. The van der Waals surface area contributed by atoms with Crippen molar-refractivity contribution in [1.29, 1.82) is 0 Å². The van der Waals surface area contributed by atoms with Gasteiger partial charge >= 0.3 is 6.03 Å². The Morgan fingerprint density at radius 3 is 2.48 bits per heavy atom. The van der Waals surface area contributed by atoms with Crippen molar-refractivity contribution in [2.45, 2.75) is 33.2 Å². The van der Waals surface area contributed by atoms with E-state index in [1.165, 1.54) is 0 Å². The number of hydrogen-bond acceptors (Lipinski definition) is 3. The van der Waals surface area contributed by atoms with Crippen LogP contribution in [0.4, 0.5) is 10.5 Å². The minimum atomic E-state index is -0.357. The molecule has 2 aromatic heterocycles. The summed E-state index contributed by atoms with van der Waals surface area (Å²) in [6.07, 6.45) is 0. The number of carbonyl (C=O) groups is 1. The van der Waals surface area contributed by atoms with Gasteiger partial charge in [-0.3, -0.25) is 4.68 Å². The number of amides is 2. The predicted octanol–water partition coefficient (Wildman–Crippen LogP) is 5.03. The summed E-state index contributed by atoms with van der Waals surface area (Å²) < 4.78 is 1.86. The largest absolute Gasteiger partial charge is 0.332 e. The standard InChI is InChI=1S/C19H21Cl2N5O/c1-10(2)16-8-15(23-17-11(3)25-26(4)18(16)17)9-22-19(27)24-14-6-12(20)5-13(21)7-14/h5-8,10H,9H2,1-4H3,(H2,22,24,27). The molecule has 1 aromatic carbocycles. The third-order valence-electron chi connectivity index (χ3n) is 4.21. The van der Waals surface area contributed by atoms with E-state index >= 15 is 0 Å². The van der Waals surface area contributed by atoms with Gasteiger partial charge in [0.1, 0.15) is 5.52 Å². The Kier molecular flexibility index (Phi) is 5.58. The Bertz CT molecular complexity index is 993. The van der Waals surface area contributed by atoms with Gasteiger partial charge in [-0.15, -0.1) is 0 Å². The third-order valence-corrected chi connectivity index (χ3v) is 4.65. The van der Waals surface area contributed by atoms with E-state index < -0.39 is 0 Å². The minimum Gasteiger partial charge on any atom is -0.332 e. The van der Waals surface area contributed by atoms with E-state index in [1.807, 2.05) is 24.7 Å². The quantitative estimate of drug-likeness (QED) is 0.639. The van der Waals surface area contributed by atoms with Gasteiger partial charge in [-0.1, -0.05) is 37.0 Å². The molecule has 3 aromatic rings. The molecule has 2 heterocycles. The monoisotopic (exact) mass is 405 g/mol. The summed E-state index contributed by atoms with van der Waals surface area (Å²) in [5, 5.41) is 10.9. The maximum absolute atomic E-state index is 12.2. The zero-order valence-electron chi connectivity index (χ0n) is 15.6. The van der Waals surface area contributed by atoms with Crippen molar-refractivity contribution in [2.24, 2.45) is 7.05 Å². The zero-order chi connectivity index (χ0) is 19.7. The molecule has 8 heteroatoms. The normalized spacial score (nSPS) is 11.2. The van der Waals surface area contributed by atoms with E-state index in [4.69, 9.17) is 23.2 Å². The molecule has 3 rings (SSSR count). The maximum Gasteiger partial charge on any atom is 0.319 e. The summed E-state index contributed by atoms with van der Waals surface area (Å²) >= 11 is 11.9. The number of benzene rings is 1. The minimum absolute atomic E-state index is 0.296. The van der Waals surface area contributed by atoms with Crippen molar-refractivity contribution >= 4 is 46.0 Å². The highest BCUT2D eigenvalue weighted by Crippen LogP contribution is 2.27. The van der Waals surface area contributed by atoms with Crippen LogP contribution in [0.25, 0.3) is 11.0 Å². The molecular weight excluding hydrogens is 385 g/mol. The van der Waals surface area contributed by atoms with Crippen LogP contribution < -0.4 is 10.6 Å². The zero-order valence-corrected chi connectivity index (χ0v) is 17.1. The molecule has 142 valence electrons. The summed E-state index contributed by atoms with van der Waals surface area (Å²) in [5.74, 6) is 0.312. The lowest BCUT2D eigenvalue weighted by Gasteiger charge is -2.12. The van der Waals surface area contributed by atoms with E-state index in [0.29, 0.717) is 28.2 Å². The molecule has 6 nitrogen and oxygen atoms in total. The lowest BCUT2D eigenvalue weighted by molar-refractivity contribution is 0.251. The molecule has 0 aliphatic carbocycles. The first kappa shape index (κ1) is 19.5. The van der Waals surface area contributed by atoms with Gasteiger partial charge in [0.15, 0.2) is 0 Å². The SMILES string of the molecule is Cc1nn(C)c2c(C(C)C)cc(CNC(=O)Nc3cc(Cl)cc(Cl)c3)nc12. The molecule has 0 saturated carbocycles. The van der Waals surface area contributed by atoms with Crippen LogP contribution in [0.15, 0.2) is 24.3 Å². The summed E-state index contributed by atoms with van der Waals surface area (Å²) in [4.78, 5) is 16.9. The topological polar surface area (TPSA) is 71.8 Å². The molecule has 0 fully saturated rings. The molecule has 0 saturated heterocycles. The molecule has 2 N–H and O–H groups in total. The van der Waals surface area contributed by atoms with Gasteiger partial charge < -0.3 is 10.6 Å². The van der Waals surface area contributed by atoms with Crippen LogP contribution in [0, 0.1) is 6.92 Å². The molecule has 0 radical (unpaired) electrons. The highest BCUT2D eigenvalue weighted by atomic mass is 35.5. The molecule has 0 atom stereocenters. The summed E-state index contributed by atoms with van der Waals surface area (Å²) in [7, 11) is 1.92. The van der Waals surface area contributed by atoms with E-state index in [9.17, 15) is 4.79 Å². The molecule has 0 aliphatic rings. The Morgan fingerprint density at radius 2 is 1.85 bits per heavy atom. The second-order valence-corrected chi connectivity index (χ2v) is 7.60. The lowest BCUT2D eigenvalue weighted by atomic mass is 10.0. The number of carbonyl (C=O) groups excluding carboxylic acids is 1. The van der Waals surface area contributed by atoms with E-state index in [1.54, 1.807) is 18.2 Å². The first-order valence-electron chi connectivity index (χ1n) is 8.58. The van der Waals surface area contributed by atoms with Gasteiger partial charge in [0.25, 0.3) is 0 Å². The van der Waals surface area contributed by atoms with Crippen molar-refractivity contribution in [3.05, 3.63) is 51.3 Å². The summed E-state index contributed by atoms with van der Waals surface area (Å²) in [6, 6.07) is 6.53. The third kappa shape index (κ3) is 4.34. The summed E-state index contributed by atoms with van der Waals surface area (Å²) in [5.41, 5.74) is 5.23. The fourth-order valence-corrected chi connectivity index (χ4v) is 3.56. The molecule has 0 spiro atoms. The number of hydrogen-bond donors (Lipinski definition) is 2. The number of aryl methyl sites for hydroxylation is 2. The average Bonchev–Trinajstić information content (AvgIpc) is 2.85. The van der Waals surface area contributed by atoms with Crippen molar-refractivity contribution in [2.75, 3.05) is 5.32 Å². The highest BCUT2D eigenvalue weighted by Gasteiger charge is 2.16. The fourth-order valence-electron chi connectivity index (χ4n) is 3.03. The smallest absolute Gasteiger partial charge is 0.319 e. The molecule has 0 aliphatic heterocycles. The number of nitrogens with one attached hydrogen (secondary N) is 2. The average molecular weight is 406 g/mol. The molecule has 27 heavy (non-hydrogen) atoms. The van der Waals surface area contributed by atoms with Gasteiger partial charge in [-0.2, -0.15) is 5.10 Å². The van der Waals surface area contributed by atoms with Gasteiger partial charge in [-0.25, -0.2) is 9.78 Å². The number of halogens is 2. The van der Waals surface area contributed by atoms with Crippen LogP contribution in [0.2, 0.25) is 10.0 Å². The Hall–Kier alpha value is -2.31. The van der Waals surface area contributed by atoms with Crippen LogP contribution in [0.3, 0.4) is 0 Å². The van der Waals surface area contributed by atoms with Gasteiger partial charge in [-0.05, 0) is 42.7 Å². The number of anilines is 1. The molecule has 0 unspecified atom stereocenters. The van der Waals surface area contributed by atoms with Crippen LogP contribution in [0.1, 0.15) is 36.7 Å². The van der Waals surface area contributed by atoms with Crippen molar-refractivity contribution in [3.8, 4) is 0 Å². The van der Waals surface area contributed by atoms with Crippen LogP contribution in [0.5, 0.6) is 0 Å². The first-order chi connectivity index (χ1) is 12.7. The first-order valence-corrected chi connectivity index (χ1v) is 9.34. The number of pyridine rings is 1. The highest BCUT2D eigenvalue weighted by molar-refractivity contribution is 6.35. The second-order valence-electron chi connectivity index (χ2n) is 6.73. The van der Waals surface area contributed by atoms with Crippen LogP contribution in [-0.4, -0.2) is 20.8 Å². The maximum atomic E-state index is 12.2. The molecule has 0 bridgehead atoms. The van der Waals surface area contributed by atoms with Gasteiger partial charge in [0.05, 0.1) is 23.4 Å². The number of rotatable bonds is 4. The van der Waals surface area contributed by atoms with E-state index in [0.717, 1.165) is 28.0 Å². The molecular formula is C19H21Cl2N5O. The lowest BCUT2D eigenvalue weighted by Crippen LogP contribution is -2.28. The van der Waals surface area contributed by atoms with E-state index in [2.05, 4.69) is 34.6 Å². The van der Waals surface area contributed by atoms with Gasteiger partial charge in [0, 0.05) is 22.8 Å². The number of fused-ring (bicyclic) bond motifs is 1. The Labute approximate surface area is 167 Å². The number of aromatic nitrogens is 3. The van der Waals surface area contributed by atoms with Gasteiger partial charge in [0.2, 0.25) is 0 Å². The molecule has 2 amide bonds. The van der Waals surface area contributed by atoms with Crippen molar-refractivity contribution in [3.63, 3.8) is 0 Å². The number of urea groups is 1. The van der Waals surface area contributed by atoms with Crippen LogP contribution in [-0.2, 0) is 13.6 Å². The van der Waals surface area contributed by atoms with Crippen molar-refractivity contribution in [1.82, 2.24) is 20.1 Å². The summed E-state index contributed by atoms with van der Waals surface area (Å²) in [6.45, 7) is 6.49. The Balaban J connectivity index is 1.78. The number of nitrogens with zero attached hydrogens (tertiary/aromatic N) is 3. The Morgan fingerprint density at radius 1 is 1.19 bits per heavy atom. The fraction of sp³-hybridized carbons (Fsp3) is 0.316.